The van der Waals surface area contributed by atoms with E-state index in [0.29, 0.717) is 0 Å². The molecule has 0 radical (unpaired) electrons. The van der Waals surface area contributed by atoms with Crippen molar-refractivity contribution in [1.29, 1.82) is 0 Å². The minimum absolute atomic E-state index is 0.398. The number of benzene rings is 1. The van der Waals surface area contributed by atoms with Crippen molar-refractivity contribution in [1.82, 2.24) is 4.90 Å². The van der Waals surface area contributed by atoms with Crippen LogP contribution in [0.4, 0.5) is 0 Å². The molecule has 142 valence electrons. The third-order valence-electron chi connectivity index (χ3n) is 5.07. The van der Waals surface area contributed by atoms with E-state index < -0.39 is 36.7 Å². The van der Waals surface area contributed by atoms with E-state index in [2.05, 4.69) is 16.7 Å². The summed E-state index contributed by atoms with van der Waals surface area (Å²) in [5.74, 6) is 6.38. The second-order valence-electron chi connectivity index (χ2n) is 6.85. The Labute approximate surface area is 154 Å². The van der Waals surface area contributed by atoms with Gasteiger partial charge in [-0.1, -0.05) is 36.5 Å². The number of aliphatic hydroxyl groups excluding tert-OH is 3. The number of aliphatic hydroxyl groups is 3. The van der Waals surface area contributed by atoms with Gasteiger partial charge in [-0.25, -0.2) is 0 Å². The Morgan fingerprint density at radius 2 is 1.73 bits per heavy atom. The van der Waals surface area contributed by atoms with Gasteiger partial charge < -0.3 is 24.8 Å². The number of methoxy groups -OCH3 is 1. The van der Waals surface area contributed by atoms with E-state index in [1.165, 1.54) is 13.5 Å². The first-order valence-corrected chi connectivity index (χ1v) is 9.15. The molecule has 1 aromatic rings. The lowest BCUT2D eigenvalue weighted by atomic mass is 9.92. The zero-order chi connectivity index (χ0) is 18.5. The monoisotopic (exact) mass is 361 g/mol. The van der Waals surface area contributed by atoms with Gasteiger partial charge in [0.05, 0.1) is 0 Å². The normalized spacial score (nSPS) is 33.9. The lowest BCUT2D eigenvalue weighted by Crippen LogP contribution is -2.63. The summed E-state index contributed by atoms with van der Waals surface area (Å²) in [5.41, 5.74) is 0.878. The van der Waals surface area contributed by atoms with Gasteiger partial charge in [0.2, 0.25) is 0 Å². The van der Waals surface area contributed by atoms with Crippen LogP contribution in [-0.2, 0) is 9.47 Å². The third kappa shape index (κ3) is 4.26. The van der Waals surface area contributed by atoms with Gasteiger partial charge in [0.15, 0.2) is 6.29 Å². The Morgan fingerprint density at radius 3 is 2.38 bits per heavy atom. The van der Waals surface area contributed by atoms with E-state index in [9.17, 15) is 15.3 Å². The molecule has 2 aliphatic heterocycles. The molecule has 0 amide bonds. The summed E-state index contributed by atoms with van der Waals surface area (Å²) < 4.78 is 11.0. The highest BCUT2D eigenvalue weighted by molar-refractivity contribution is 5.35. The van der Waals surface area contributed by atoms with Crippen LogP contribution in [0.5, 0.6) is 0 Å². The molecule has 0 saturated carbocycles. The van der Waals surface area contributed by atoms with Crippen molar-refractivity contribution in [3.63, 3.8) is 0 Å². The molecular formula is C20H27NO5. The van der Waals surface area contributed by atoms with Crippen molar-refractivity contribution in [2.45, 2.75) is 56.0 Å². The lowest BCUT2D eigenvalue weighted by molar-refractivity contribution is -0.296. The van der Waals surface area contributed by atoms with Crippen LogP contribution in [0.2, 0.25) is 0 Å². The molecule has 3 N–H and O–H groups in total. The van der Waals surface area contributed by atoms with Crippen LogP contribution >= 0.6 is 0 Å². The van der Waals surface area contributed by atoms with Gasteiger partial charge in [0.1, 0.15) is 30.5 Å². The molecule has 1 aromatic carbocycles. The number of rotatable bonds is 3. The smallest absolute Gasteiger partial charge is 0.186 e. The van der Waals surface area contributed by atoms with Crippen molar-refractivity contribution in [3.8, 4) is 11.8 Å². The summed E-state index contributed by atoms with van der Waals surface area (Å²) in [4.78, 5) is 2.18. The fourth-order valence-electron chi connectivity index (χ4n) is 3.59. The van der Waals surface area contributed by atoms with Gasteiger partial charge in [0, 0.05) is 12.7 Å². The largest absolute Gasteiger partial charge is 0.387 e. The molecule has 0 bridgehead atoms. The highest BCUT2D eigenvalue weighted by Crippen LogP contribution is 2.27. The minimum Gasteiger partial charge on any atom is -0.387 e. The fraction of sp³-hybridized carbons (Fsp3) is 0.600. The van der Waals surface area contributed by atoms with Crippen LogP contribution in [0.15, 0.2) is 30.3 Å². The van der Waals surface area contributed by atoms with Gasteiger partial charge in [-0.2, -0.15) is 0 Å². The molecule has 6 atom stereocenters. The average Bonchev–Trinajstić information content (AvgIpc) is 2.69. The molecule has 0 spiro atoms. The number of hydrogen-bond donors (Lipinski definition) is 3. The summed E-state index contributed by atoms with van der Waals surface area (Å²) in [6, 6.07) is 9.23. The number of piperidine rings is 1. The number of likely N-dealkylation sites (tertiary alicyclic amines) is 1. The fourth-order valence-corrected chi connectivity index (χ4v) is 3.59. The highest BCUT2D eigenvalue weighted by atomic mass is 16.7. The van der Waals surface area contributed by atoms with Crippen LogP contribution in [0.1, 0.15) is 24.8 Å². The standard InChI is InChI=1S/C20H27NO5/c1-25-20-18(24)16(22)17(23)19(26-20)15(21-12-6-3-7-13-21)11-10-14-8-4-2-5-9-14/h2,4-5,8-9,15-20,22-24H,3,6-7,12-13H2,1H3/t15?,16-,17+,18+,19+,20-/m0/s1. The Morgan fingerprint density at radius 1 is 1.04 bits per heavy atom. The highest BCUT2D eigenvalue weighted by Gasteiger charge is 2.47. The molecule has 0 aromatic heterocycles. The molecule has 26 heavy (non-hydrogen) atoms. The maximum absolute atomic E-state index is 10.5. The summed E-state index contributed by atoms with van der Waals surface area (Å²) in [7, 11) is 1.40. The van der Waals surface area contributed by atoms with Crippen molar-refractivity contribution >= 4 is 0 Å². The zero-order valence-electron chi connectivity index (χ0n) is 15.0. The lowest BCUT2D eigenvalue weighted by Gasteiger charge is -2.45. The maximum Gasteiger partial charge on any atom is 0.186 e. The van der Waals surface area contributed by atoms with Crippen molar-refractivity contribution in [2.24, 2.45) is 0 Å². The number of nitrogens with zero attached hydrogens (tertiary/aromatic N) is 1. The molecule has 2 saturated heterocycles. The Hall–Kier alpha value is -1.46. The molecule has 2 aliphatic rings. The molecule has 3 rings (SSSR count). The van der Waals surface area contributed by atoms with E-state index in [1.54, 1.807) is 0 Å². The van der Waals surface area contributed by atoms with Crippen LogP contribution < -0.4 is 0 Å². The first-order chi connectivity index (χ1) is 12.6. The van der Waals surface area contributed by atoms with Crippen LogP contribution in [-0.4, -0.2) is 77.2 Å². The SMILES string of the molecule is CO[C@H]1O[C@H](C(C#Cc2ccccc2)N2CCCCC2)[C@H](O)[C@H](O)[C@H]1O. The Bertz CT molecular complexity index is 620. The molecule has 0 aliphatic carbocycles. The van der Waals surface area contributed by atoms with E-state index in [4.69, 9.17) is 9.47 Å². The Balaban J connectivity index is 1.88. The van der Waals surface area contributed by atoms with Crippen molar-refractivity contribution in [2.75, 3.05) is 20.2 Å². The maximum atomic E-state index is 10.5. The Kier molecular flexibility index (Phi) is 6.65. The molecule has 6 nitrogen and oxygen atoms in total. The van der Waals surface area contributed by atoms with E-state index in [-0.39, 0.29) is 0 Å². The van der Waals surface area contributed by atoms with Gasteiger partial charge in [-0.3, -0.25) is 4.90 Å². The van der Waals surface area contributed by atoms with Crippen LogP contribution in [0.25, 0.3) is 0 Å². The topological polar surface area (TPSA) is 82.4 Å². The summed E-state index contributed by atoms with van der Waals surface area (Å²) in [5, 5.41) is 30.8. The van der Waals surface area contributed by atoms with Crippen molar-refractivity contribution in [3.05, 3.63) is 35.9 Å². The third-order valence-corrected chi connectivity index (χ3v) is 5.07. The molecule has 2 heterocycles. The zero-order valence-corrected chi connectivity index (χ0v) is 15.0. The predicted octanol–water partition coefficient (Wildman–Crippen LogP) is 0.347. The van der Waals surface area contributed by atoms with Gasteiger partial charge >= 0.3 is 0 Å². The second-order valence-corrected chi connectivity index (χ2v) is 6.85. The summed E-state index contributed by atoms with van der Waals surface area (Å²) >= 11 is 0. The first kappa shape index (κ1) is 19.3. The number of ether oxygens (including phenoxy) is 2. The predicted molar refractivity (Wildman–Crippen MR) is 96.2 cm³/mol. The van der Waals surface area contributed by atoms with Gasteiger partial charge in [-0.15, -0.1) is 0 Å². The summed E-state index contributed by atoms with van der Waals surface area (Å²) in [6.07, 6.45) is -2.35. The van der Waals surface area contributed by atoms with E-state index in [0.717, 1.165) is 31.5 Å². The first-order valence-electron chi connectivity index (χ1n) is 9.15. The molecule has 1 unspecified atom stereocenters. The van der Waals surface area contributed by atoms with Crippen LogP contribution in [0, 0.1) is 11.8 Å². The molecule has 2 fully saturated rings. The second kappa shape index (κ2) is 8.96. The summed E-state index contributed by atoms with van der Waals surface area (Å²) in [6.45, 7) is 1.72. The minimum atomic E-state index is -1.34. The van der Waals surface area contributed by atoms with Crippen molar-refractivity contribution < 1.29 is 24.8 Å². The quantitative estimate of drug-likeness (QED) is 0.674. The van der Waals surface area contributed by atoms with Crippen LogP contribution in [0.3, 0.4) is 0 Å². The van der Waals surface area contributed by atoms with E-state index >= 15 is 0 Å². The average molecular weight is 361 g/mol. The molecule has 6 heteroatoms. The van der Waals surface area contributed by atoms with E-state index in [1.807, 2.05) is 30.3 Å². The van der Waals surface area contributed by atoms with Gasteiger partial charge in [-0.05, 0) is 38.1 Å². The number of hydrogen-bond acceptors (Lipinski definition) is 6. The molecular weight excluding hydrogens is 334 g/mol. The van der Waals surface area contributed by atoms with Gasteiger partial charge in [0.25, 0.3) is 0 Å².